The topological polar surface area (TPSA) is 54.4 Å². The molecule has 0 saturated heterocycles. The fraction of sp³-hybridized carbons (Fsp3) is 0.357. The zero-order chi connectivity index (χ0) is 12.6. The number of aliphatic imine (C=N–C) groups is 1. The number of hydrogen-bond donors (Lipinski definition) is 1. The van der Waals surface area contributed by atoms with Crippen molar-refractivity contribution in [2.75, 3.05) is 13.1 Å². The van der Waals surface area contributed by atoms with E-state index in [0.29, 0.717) is 18.5 Å². The smallest absolute Gasteiger partial charge is 0.165 e. The summed E-state index contributed by atoms with van der Waals surface area (Å²) >= 11 is 0. The van der Waals surface area contributed by atoms with E-state index in [2.05, 4.69) is 21.4 Å². The molecule has 0 atom stereocenters. The number of allylic oxidation sites excluding steroid dienone is 1. The van der Waals surface area contributed by atoms with Gasteiger partial charge in [0.05, 0.1) is 0 Å². The van der Waals surface area contributed by atoms with E-state index in [1.165, 1.54) is 5.71 Å². The third-order valence-electron chi connectivity index (χ3n) is 2.82. The lowest BCUT2D eigenvalue weighted by Gasteiger charge is -2.04. The highest BCUT2D eigenvalue weighted by Crippen LogP contribution is 2.03. The summed E-state index contributed by atoms with van der Waals surface area (Å²) in [6.07, 6.45) is 9.62. The van der Waals surface area contributed by atoms with Gasteiger partial charge in [0.2, 0.25) is 0 Å². The van der Waals surface area contributed by atoms with Crippen molar-refractivity contribution in [1.29, 1.82) is 0 Å². The number of rotatable bonds is 7. The molecule has 0 unspecified atom stereocenters. The van der Waals surface area contributed by atoms with Crippen LogP contribution in [0.1, 0.15) is 29.6 Å². The van der Waals surface area contributed by atoms with E-state index in [4.69, 9.17) is 0 Å². The molecule has 1 aliphatic rings. The number of hydrogen-bond acceptors (Lipinski definition) is 4. The van der Waals surface area contributed by atoms with Crippen LogP contribution in [0, 0.1) is 0 Å². The largest absolute Gasteiger partial charge is 0.316 e. The Balaban J connectivity index is 1.59. The predicted molar refractivity (Wildman–Crippen MR) is 71.9 cm³/mol. The number of nitrogens with zero attached hydrogens (tertiary/aromatic N) is 2. The Morgan fingerprint density at radius 1 is 1.39 bits per heavy atom. The van der Waals surface area contributed by atoms with Gasteiger partial charge in [-0.2, -0.15) is 0 Å². The molecule has 0 spiro atoms. The number of Topliss-reactive ketones (excluding diaryl/α,β-unsaturated/α-hetero) is 1. The lowest BCUT2D eigenvalue weighted by Crippen LogP contribution is -2.21. The van der Waals surface area contributed by atoms with Crippen molar-refractivity contribution >= 4 is 11.5 Å². The van der Waals surface area contributed by atoms with E-state index in [0.717, 1.165) is 19.4 Å². The molecule has 94 valence electrons. The van der Waals surface area contributed by atoms with Gasteiger partial charge in [0.15, 0.2) is 5.78 Å². The van der Waals surface area contributed by atoms with Gasteiger partial charge in [0.25, 0.3) is 0 Å². The molecule has 2 rings (SSSR count). The molecule has 0 aliphatic carbocycles. The van der Waals surface area contributed by atoms with Crippen LogP contribution in [0.15, 0.2) is 41.8 Å². The molecule has 1 aromatic heterocycles. The summed E-state index contributed by atoms with van der Waals surface area (Å²) < 4.78 is 0. The number of carbonyl (C=O) groups excluding carboxylic acids is 1. The number of ketones is 1. The van der Waals surface area contributed by atoms with Gasteiger partial charge in [-0.15, -0.1) is 0 Å². The molecule has 0 bridgehead atoms. The monoisotopic (exact) mass is 243 g/mol. The van der Waals surface area contributed by atoms with Crippen LogP contribution >= 0.6 is 0 Å². The van der Waals surface area contributed by atoms with Crippen molar-refractivity contribution < 1.29 is 4.79 Å². The second-order valence-electron chi connectivity index (χ2n) is 4.20. The molecule has 0 radical (unpaired) electrons. The molecule has 0 aromatic carbocycles. The zero-order valence-corrected chi connectivity index (χ0v) is 10.3. The Morgan fingerprint density at radius 3 is 3.06 bits per heavy atom. The highest BCUT2D eigenvalue weighted by molar-refractivity contribution is 5.95. The van der Waals surface area contributed by atoms with Crippen LogP contribution in [0.3, 0.4) is 0 Å². The number of pyridine rings is 1. The Bertz CT molecular complexity index is 451. The first-order chi connectivity index (χ1) is 8.86. The summed E-state index contributed by atoms with van der Waals surface area (Å²) in [6, 6.07) is 3.58. The van der Waals surface area contributed by atoms with Crippen molar-refractivity contribution in [3.63, 3.8) is 0 Å². The molecule has 0 fully saturated rings. The van der Waals surface area contributed by atoms with E-state index in [9.17, 15) is 4.79 Å². The molecule has 0 saturated carbocycles. The molecular formula is C14H17N3O. The van der Waals surface area contributed by atoms with E-state index < -0.39 is 0 Å². The molecule has 1 aromatic rings. The molecule has 4 nitrogen and oxygen atoms in total. The molecule has 1 N–H and O–H groups in total. The van der Waals surface area contributed by atoms with Crippen molar-refractivity contribution in [3.8, 4) is 0 Å². The van der Waals surface area contributed by atoms with Crippen LogP contribution in [0.2, 0.25) is 0 Å². The second-order valence-corrected chi connectivity index (χ2v) is 4.20. The number of carbonyl (C=O) groups is 1. The Labute approximate surface area is 107 Å². The van der Waals surface area contributed by atoms with Gasteiger partial charge >= 0.3 is 0 Å². The normalized spacial score (nSPS) is 13.7. The fourth-order valence-corrected chi connectivity index (χ4v) is 1.80. The van der Waals surface area contributed by atoms with Crippen LogP contribution in [0.25, 0.3) is 0 Å². The minimum absolute atomic E-state index is 0.135. The zero-order valence-electron chi connectivity index (χ0n) is 10.3. The second kappa shape index (κ2) is 6.81. The Morgan fingerprint density at radius 2 is 2.33 bits per heavy atom. The van der Waals surface area contributed by atoms with Crippen LogP contribution in [-0.4, -0.2) is 29.6 Å². The quantitative estimate of drug-likeness (QED) is 0.588. The maximum absolute atomic E-state index is 11.8. The van der Waals surface area contributed by atoms with Crippen LogP contribution in [0.4, 0.5) is 0 Å². The lowest BCUT2D eigenvalue weighted by atomic mass is 10.1. The summed E-state index contributed by atoms with van der Waals surface area (Å²) in [5.41, 5.74) is 1.89. The number of aromatic nitrogens is 1. The van der Waals surface area contributed by atoms with E-state index in [1.54, 1.807) is 24.5 Å². The molecular weight excluding hydrogens is 226 g/mol. The minimum Gasteiger partial charge on any atom is -0.316 e. The van der Waals surface area contributed by atoms with Crippen molar-refractivity contribution in [2.24, 2.45) is 4.99 Å². The summed E-state index contributed by atoms with van der Waals surface area (Å²) in [5, 5.41) is 3.26. The van der Waals surface area contributed by atoms with Crippen LogP contribution in [-0.2, 0) is 0 Å². The molecule has 1 aliphatic heterocycles. The van der Waals surface area contributed by atoms with Gasteiger partial charge < -0.3 is 5.32 Å². The van der Waals surface area contributed by atoms with Crippen LogP contribution in [0.5, 0.6) is 0 Å². The maximum atomic E-state index is 11.8. The highest BCUT2D eigenvalue weighted by Gasteiger charge is 2.05. The van der Waals surface area contributed by atoms with E-state index in [-0.39, 0.29) is 5.78 Å². The average molecular weight is 243 g/mol. The maximum Gasteiger partial charge on any atom is 0.165 e. The van der Waals surface area contributed by atoms with Crippen LogP contribution < -0.4 is 5.32 Å². The van der Waals surface area contributed by atoms with Crippen molar-refractivity contribution in [3.05, 3.63) is 42.4 Å². The summed E-state index contributed by atoms with van der Waals surface area (Å²) in [6.45, 7) is 1.58. The van der Waals surface area contributed by atoms with Crippen molar-refractivity contribution in [1.82, 2.24) is 10.3 Å². The lowest BCUT2D eigenvalue weighted by molar-refractivity contribution is 0.0982. The average Bonchev–Trinajstić information content (AvgIpc) is 2.92. The third-order valence-corrected chi connectivity index (χ3v) is 2.82. The van der Waals surface area contributed by atoms with Gasteiger partial charge in [0.1, 0.15) is 0 Å². The summed E-state index contributed by atoms with van der Waals surface area (Å²) in [7, 11) is 0. The minimum atomic E-state index is 0.135. The first kappa shape index (κ1) is 12.6. The summed E-state index contributed by atoms with van der Waals surface area (Å²) in [5.74, 6) is 0.135. The molecule has 18 heavy (non-hydrogen) atoms. The third kappa shape index (κ3) is 3.89. The molecule has 4 heteroatoms. The van der Waals surface area contributed by atoms with E-state index >= 15 is 0 Å². The molecule has 2 heterocycles. The fourth-order valence-electron chi connectivity index (χ4n) is 1.80. The summed E-state index contributed by atoms with van der Waals surface area (Å²) in [4.78, 5) is 19.9. The van der Waals surface area contributed by atoms with Crippen molar-refractivity contribution in [2.45, 2.75) is 19.3 Å². The van der Waals surface area contributed by atoms with E-state index in [1.807, 2.05) is 6.20 Å². The van der Waals surface area contributed by atoms with Gasteiger partial charge in [0, 0.05) is 55.8 Å². The first-order valence-corrected chi connectivity index (χ1v) is 6.21. The SMILES string of the molecule is O=C(CCNCCC1=NC=CC1)c1cccnc1. The van der Waals surface area contributed by atoms with Gasteiger partial charge in [-0.25, -0.2) is 0 Å². The molecule has 0 amide bonds. The highest BCUT2D eigenvalue weighted by atomic mass is 16.1. The number of nitrogens with one attached hydrogen (secondary N) is 1. The Hall–Kier alpha value is -1.81. The van der Waals surface area contributed by atoms with Gasteiger partial charge in [-0.3, -0.25) is 14.8 Å². The van der Waals surface area contributed by atoms with Gasteiger partial charge in [-0.1, -0.05) is 6.08 Å². The first-order valence-electron chi connectivity index (χ1n) is 6.21. The van der Waals surface area contributed by atoms with Gasteiger partial charge in [-0.05, 0) is 18.6 Å². The Kier molecular flexibility index (Phi) is 4.78. The predicted octanol–water partition coefficient (Wildman–Crippen LogP) is 1.99. The standard InChI is InChI=1S/C14H17N3O/c18-14(12-3-1-7-16-11-12)6-10-15-9-5-13-4-2-8-17-13/h1-3,7-8,11,15H,4-6,9-10H2.